The van der Waals surface area contributed by atoms with E-state index in [0.29, 0.717) is 19.8 Å². The van der Waals surface area contributed by atoms with Crippen LogP contribution in [0.1, 0.15) is 12.0 Å². The molecule has 0 fully saturated rings. The average Bonchev–Trinajstić information content (AvgIpc) is 2.53. The van der Waals surface area contributed by atoms with E-state index < -0.39 is 0 Å². The Kier molecular flexibility index (Phi) is 6.63. The van der Waals surface area contributed by atoms with Gasteiger partial charge in [0.15, 0.2) is 0 Å². The Bertz CT molecular complexity index is 540. The van der Waals surface area contributed by atoms with Crippen molar-refractivity contribution in [2.45, 2.75) is 18.9 Å². The monoisotopic (exact) mass is 288 g/mol. The van der Waals surface area contributed by atoms with Crippen molar-refractivity contribution in [2.24, 2.45) is 5.84 Å². The zero-order chi connectivity index (χ0) is 14.9. The Morgan fingerprint density at radius 3 is 2.67 bits per heavy atom. The van der Waals surface area contributed by atoms with Gasteiger partial charge in [-0.25, -0.2) is 0 Å². The second-order valence-electron chi connectivity index (χ2n) is 5.10. The summed E-state index contributed by atoms with van der Waals surface area (Å²) < 4.78 is 10.5. The number of ether oxygens (including phenoxy) is 2. The van der Waals surface area contributed by atoms with Crippen molar-refractivity contribution >= 4 is 10.8 Å². The molecule has 0 saturated carbocycles. The molecule has 0 aromatic heterocycles. The fraction of sp³-hybridized carbons (Fsp3) is 0.412. The van der Waals surface area contributed by atoms with Crippen LogP contribution >= 0.6 is 0 Å². The minimum atomic E-state index is 0.207. The third-order valence-corrected chi connectivity index (χ3v) is 3.62. The molecule has 0 bridgehead atoms. The summed E-state index contributed by atoms with van der Waals surface area (Å²) in [7, 11) is 1.67. The third-order valence-electron chi connectivity index (χ3n) is 3.62. The van der Waals surface area contributed by atoms with Gasteiger partial charge in [-0.05, 0) is 29.2 Å². The van der Waals surface area contributed by atoms with Gasteiger partial charge in [-0.2, -0.15) is 0 Å². The number of fused-ring (bicyclic) bond motifs is 1. The molecule has 0 aliphatic heterocycles. The molecule has 0 spiro atoms. The van der Waals surface area contributed by atoms with Gasteiger partial charge >= 0.3 is 0 Å². The Labute approximate surface area is 126 Å². The molecule has 2 aromatic carbocycles. The summed E-state index contributed by atoms with van der Waals surface area (Å²) in [5, 5.41) is 2.56. The number of rotatable bonds is 9. The van der Waals surface area contributed by atoms with Crippen LogP contribution in [0, 0.1) is 0 Å². The highest BCUT2D eigenvalue weighted by atomic mass is 16.5. The number of nitrogens with two attached hydrogens (primary N) is 1. The Morgan fingerprint density at radius 2 is 1.86 bits per heavy atom. The first-order valence-corrected chi connectivity index (χ1v) is 7.34. The van der Waals surface area contributed by atoms with Gasteiger partial charge in [-0.1, -0.05) is 42.5 Å². The smallest absolute Gasteiger partial charge is 0.0700 e. The number of nitrogens with one attached hydrogen (secondary N) is 1. The van der Waals surface area contributed by atoms with Crippen molar-refractivity contribution in [3.05, 3.63) is 48.0 Å². The number of methoxy groups -OCH3 is 1. The van der Waals surface area contributed by atoms with Gasteiger partial charge in [0.25, 0.3) is 0 Å². The molecule has 3 N–H and O–H groups in total. The maximum Gasteiger partial charge on any atom is 0.0700 e. The van der Waals surface area contributed by atoms with Gasteiger partial charge in [0.2, 0.25) is 0 Å². The van der Waals surface area contributed by atoms with Crippen LogP contribution in [0.15, 0.2) is 42.5 Å². The van der Waals surface area contributed by atoms with Gasteiger partial charge in [0.05, 0.1) is 13.2 Å². The van der Waals surface area contributed by atoms with E-state index in [9.17, 15) is 0 Å². The van der Waals surface area contributed by atoms with Crippen LogP contribution in [0.5, 0.6) is 0 Å². The first-order chi connectivity index (χ1) is 10.3. The number of benzene rings is 2. The van der Waals surface area contributed by atoms with E-state index in [0.717, 1.165) is 12.8 Å². The highest BCUT2D eigenvalue weighted by Gasteiger charge is 2.10. The van der Waals surface area contributed by atoms with Gasteiger partial charge in [-0.3, -0.25) is 11.3 Å². The second kappa shape index (κ2) is 8.74. The summed E-state index contributed by atoms with van der Waals surface area (Å²) in [5.41, 5.74) is 4.21. The second-order valence-corrected chi connectivity index (χ2v) is 5.10. The van der Waals surface area contributed by atoms with E-state index in [1.165, 1.54) is 16.3 Å². The van der Waals surface area contributed by atoms with Crippen LogP contribution in [-0.2, 0) is 15.9 Å². The molecular formula is C17H24N2O2. The molecule has 4 heteroatoms. The number of hydrogen-bond acceptors (Lipinski definition) is 4. The Hall–Kier alpha value is -1.46. The quantitative estimate of drug-likeness (QED) is 0.422. The van der Waals surface area contributed by atoms with Crippen LogP contribution in [0.4, 0.5) is 0 Å². The lowest BCUT2D eigenvalue weighted by Gasteiger charge is -2.17. The molecule has 0 aliphatic carbocycles. The van der Waals surface area contributed by atoms with Crippen molar-refractivity contribution in [1.82, 2.24) is 5.43 Å². The first-order valence-electron chi connectivity index (χ1n) is 7.34. The molecule has 114 valence electrons. The van der Waals surface area contributed by atoms with Gasteiger partial charge in [0, 0.05) is 19.8 Å². The Morgan fingerprint density at radius 1 is 1.05 bits per heavy atom. The van der Waals surface area contributed by atoms with Crippen molar-refractivity contribution in [3.8, 4) is 0 Å². The van der Waals surface area contributed by atoms with Crippen molar-refractivity contribution in [3.63, 3.8) is 0 Å². The zero-order valence-electron chi connectivity index (χ0n) is 12.5. The molecule has 2 aromatic rings. The summed E-state index contributed by atoms with van der Waals surface area (Å²) in [5.74, 6) is 5.68. The van der Waals surface area contributed by atoms with Crippen LogP contribution in [-0.4, -0.2) is 33.0 Å². The largest absolute Gasteiger partial charge is 0.382 e. The fourth-order valence-corrected chi connectivity index (χ4v) is 2.45. The zero-order valence-corrected chi connectivity index (χ0v) is 12.5. The molecular weight excluding hydrogens is 264 g/mol. The van der Waals surface area contributed by atoms with Crippen LogP contribution in [0.3, 0.4) is 0 Å². The van der Waals surface area contributed by atoms with Gasteiger partial charge in [-0.15, -0.1) is 0 Å². The van der Waals surface area contributed by atoms with Gasteiger partial charge in [0.1, 0.15) is 0 Å². The van der Waals surface area contributed by atoms with Crippen molar-refractivity contribution in [2.75, 3.05) is 26.9 Å². The minimum Gasteiger partial charge on any atom is -0.382 e. The average molecular weight is 288 g/mol. The van der Waals surface area contributed by atoms with E-state index in [2.05, 4.69) is 47.9 Å². The molecule has 0 radical (unpaired) electrons. The van der Waals surface area contributed by atoms with Crippen LogP contribution in [0.2, 0.25) is 0 Å². The maximum atomic E-state index is 5.68. The Balaban J connectivity index is 1.94. The lowest BCUT2D eigenvalue weighted by Crippen LogP contribution is -2.37. The molecule has 0 amide bonds. The lowest BCUT2D eigenvalue weighted by molar-refractivity contribution is 0.0658. The summed E-state index contributed by atoms with van der Waals surface area (Å²) in [6.45, 7) is 1.94. The minimum absolute atomic E-state index is 0.207. The van der Waals surface area contributed by atoms with E-state index in [4.69, 9.17) is 15.3 Å². The normalized spacial score (nSPS) is 12.7. The van der Waals surface area contributed by atoms with Crippen LogP contribution in [0.25, 0.3) is 10.8 Å². The molecule has 0 aliphatic rings. The van der Waals surface area contributed by atoms with Gasteiger partial charge < -0.3 is 9.47 Å². The topological polar surface area (TPSA) is 56.5 Å². The predicted molar refractivity (Wildman–Crippen MR) is 86.1 cm³/mol. The third kappa shape index (κ3) is 4.79. The highest BCUT2D eigenvalue weighted by Crippen LogP contribution is 2.20. The number of hydrazine groups is 1. The molecule has 2 rings (SSSR count). The SMILES string of the molecule is COCCOCCC(Cc1cccc2ccccc12)NN. The fourth-order valence-electron chi connectivity index (χ4n) is 2.45. The molecule has 4 nitrogen and oxygen atoms in total. The standard InChI is InChI=1S/C17H24N2O2/c1-20-11-12-21-10-9-16(19-18)13-15-7-4-6-14-5-2-3-8-17(14)15/h2-8,16,19H,9-13,18H2,1H3. The van der Waals surface area contributed by atoms with Crippen molar-refractivity contribution < 1.29 is 9.47 Å². The highest BCUT2D eigenvalue weighted by molar-refractivity contribution is 5.85. The molecule has 0 heterocycles. The molecule has 1 atom stereocenters. The summed E-state index contributed by atoms with van der Waals surface area (Å²) in [6.07, 6.45) is 1.77. The lowest BCUT2D eigenvalue weighted by atomic mass is 9.98. The van der Waals surface area contributed by atoms with E-state index >= 15 is 0 Å². The first kappa shape index (κ1) is 15.9. The number of hydrogen-bond donors (Lipinski definition) is 2. The van der Waals surface area contributed by atoms with E-state index in [-0.39, 0.29) is 6.04 Å². The molecule has 0 saturated heterocycles. The summed E-state index contributed by atoms with van der Waals surface area (Å²) in [4.78, 5) is 0. The van der Waals surface area contributed by atoms with Crippen molar-refractivity contribution in [1.29, 1.82) is 0 Å². The molecule has 21 heavy (non-hydrogen) atoms. The predicted octanol–water partition coefficient (Wildman–Crippen LogP) is 2.27. The van der Waals surface area contributed by atoms with E-state index in [1.54, 1.807) is 7.11 Å². The van der Waals surface area contributed by atoms with Crippen LogP contribution < -0.4 is 11.3 Å². The summed E-state index contributed by atoms with van der Waals surface area (Å²) in [6, 6.07) is 15.0. The molecule has 1 unspecified atom stereocenters. The van der Waals surface area contributed by atoms with E-state index in [1.807, 2.05) is 0 Å². The maximum absolute atomic E-state index is 5.68. The summed E-state index contributed by atoms with van der Waals surface area (Å²) >= 11 is 0.